The summed E-state index contributed by atoms with van der Waals surface area (Å²) in [5.41, 5.74) is 0. The molecule has 0 aliphatic rings. The topological polar surface area (TPSA) is 3.24 Å². The summed E-state index contributed by atoms with van der Waals surface area (Å²) in [6.07, 6.45) is 43.6. The van der Waals surface area contributed by atoms with Crippen LogP contribution in [0.5, 0.6) is 0 Å². The van der Waals surface area contributed by atoms with Crippen molar-refractivity contribution in [2.45, 2.75) is 213 Å². The zero-order valence-electron chi connectivity index (χ0n) is 26.8. The molecule has 0 bridgehead atoms. The summed E-state index contributed by atoms with van der Waals surface area (Å²) in [6, 6.07) is 0. The van der Waals surface area contributed by atoms with Crippen LogP contribution in [0.1, 0.15) is 213 Å². The Morgan fingerprint density at radius 1 is 0.216 bits per heavy atom. The minimum absolute atomic E-state index is 1.37. The first-order valence-corrected chi connectivity index (χ1v) is 18.1. The molecule has 0 aromatic carbocycles. The monoisotopic (exact) mass is 522 g/mol. The predicted molar refractivity (Wildman–Crippen MR) is 172 cm³/mol. The predicted octanol–water partition coefficient (Wildman–Crippen LogP) is 13.1. The normalized spacial score (nSPS) is 11.7. The van der Waals surface area contributed by atoms with Gasteiger partial charge in [0.05, 0.1) is 0 Å². The number of hydrogen-bond donors (Lipinski definition) is 0. The van der Waals surface area contributed by atoms with Crippen LogP contribution in [0.3, 0.4) is 0 Å². The molecule has 0 amide bonds. The van der Waals surface area contributed by atoms with Crippen LogP contribution in [-0.4, -0.2) is 24.5 Å². The van der Waals surface area contributed by atoms with E-state index in [1.165, 1.54) is 212 Å². The van der Waals surface area contributed by atoms with Crippen LogP contribution in [0, 0.1) is 0 Å². The first kappa shape index (κ1) is 37.0. The van der Waals surface area contributed by atoms with Gasteiger partial charge in [0, 0.05) is 0 Å². The molecule has 0 fully saturated rings. The van der Waals surface area contributed by atoms with Crippen molar-refractivity contribution >= 4 is 0 Å². The van der Waals surface area contributed by atoms with E-state index >= 15 is 0 Å². The summed E-state index contributed by atoms with van der Waals surface area (Å²) in [5, 5.41) is 0. The second kappa shape index (κ2) is 34.0. The molecule has 0 aliphatic carbocycles. The molecular formula is C36H75N. The van der Waals surface area contributed by atoms with Gasteiger partial charge in [-0.05, 0) is 38.9 Å². The molecule has 0 spiro atoms. The Hall–Kier alpha value is -0.0400. The second-order valence-electron chi connectivity index (χ2n) is 12.4. The van der Waals surface area contributed by atoms with Crippen molar-refractivity contribution in [2.24, 2.45) is 0 Å². The van der Waals surface area contributed by atoms with Gasteiger partial charge in [-0.3, -0.25) is 0 Å². The van der Waals surface area contributed by atoms with Crippen molar-refractivity contribution in [3.8, 4) is 0 Å². The highest BCUT2D eigenvalue weighted by Crippen LogP contribution is 2.14. The van der Waals surface area contributed by atoms with Gasteiger partial charge in [-0.1, -0.05) is 194 Å². The van der Waals surface area contributed by atoms with Crippen LogP contribution in [-0.2, 0) is 0 Å². The van der Waals surface area contributed by atoms with E-state index in [1.807, 2.05) is 0 Å². The zero-order valence-corrected chi connectivity index (χ0v) is 26.8. The summed E-state index contributed by atoms with van der Waals surface area (Å²) in [7, 11) is 0. The fourth-order valence-electron chi connectivity index (χ4n) is 5.80. The number of nitrogens with zero attached hydrogens (tertiary/aromatic N) is 1. The molecule has 0 radical (unpaired) electrons. The summed E-state index contributed by atoms with van der Waals surface area (Å²) < 4.78 is 0. The summed E-state index contributed by atoms with van der Waals surface area (Å²) in [6.45, 7) is 11.0. The van der Waals surface area contributed by atoms with E-state index in [1.54, 1.807) is 0 Å². The lowest BCUT2D eigenvalue weighted by Gasteiger charge is -2.22. The second-order valence-corrected chi connectivity index (χ2v) is 12.4. The molecule has 1 heteroatoms. The van der Waals surface area contributed by atoms with Crippen LogP contribution in [0.25, 0.3) is 0 Å². The van der Waals surface area contributed by atoms with Gasteiger partial charge in [0.1, 0.15) is 0 Å². The molecule has 0 heterocycles. The lowest BCUT2D eigenvalue weighted by molar-refractivity contribution is 0.254. The Kier molecular flexibility index (Phi) is 34.0. The van der Waals surface area contributed by atoms with Crippen molar-refractivity contribution < 1.29 is 0 Å². The third-order valence-electron chi connectivity index (χ3n) is 8.48. The molecule has 0 atom stereocenters. The zero-order chi connectivity index (χ0) is 26.9. The maximum absolute atomic E-state index is 2.85. The molecule has 224 valence electrons. The third-order valence-corrected chi connectivity index (χ3v) is 8.48. The largest absolute Gasteiger partial charge is 0.303 e. The number of rotatable bonds is 33. The van der Waals surface area contributed by atoms with E-state index in [9.17, 15) is 0 Å². The fourth-order valence-corrected chi connectivity index (χ4v) is 5.80. The van der Waals surface area contributed by atoms with Gasteiger partial charge < -0.3 is 4.90 Å². The Morgan fingerprint density at radius 3 is 0.568 bits per heavy atom. The Morgan fingerprint density at radius 2 is 0.378 bits per heavy atom. The van der Waals surface area contributed by atoms with E-state index in [0.717, 1.165) is 0 Å². The van der Waals surface area contributed by atoms with Gasteiger partial charge >= 0.3 is 0 Å². The van der Waals surface area contributed by atoms with Crippen LogP contribution >= 0.6 is 0 Å². The maximum atomic E-state index is 2.85. The Bertz CT molecular complexity index is 353. The van der Waals surface area contributed by atoms with Gasteiger partial charge in [-0.25, -0.2) is 0 Å². The molecule has 0 saturated heterocycles. The molecule has 0 rings (SSSR count). The SMILES string of the molecule is CCCCCCCCCCCCCN(CCCCCCCCCC)CCCCCCCCCCCCC. The van der Waals surface area contributed by atoms with Gasteiger partial charge in [0.25, 0.3) is 0 Å². The average molecular weight is 522 g/mol. The van der Waals surface area contributed by atoms with E-state index < -0.39 is 0 Å². The van der Waals surface area contributed by atoms with Crippen molar-refractivity contribution in [3.05, 3.63) is 0 Å². The first-order valence-electron chi connectivity index (χ1n) is 18.1. The highest BCUT2D eigenvalue weighted by atomic mass is 15.1. The highest BCUT2D eigenvalue weighted by Gasteiger charge is 2.05. The first-order chi connectivity index (χ1) is 18.3. The third kappa shape index (κ3) is 32.1. The molecule has 0 N–H and O–H groups in total. The summed E-state index contributed by atoms with van der Waals surface area (Å²) in [4.78, 5) is 2.85. The van der Waals surface area contributed by atoms with Crippen molar-refractivity contribution in [2.75, 3.05) is 19.6 Å². The summed E-state index contributed by atoms with van der Waals surface area (Å²) in [5.74, 6) is 0. The van der Waals surface area contributed by atoms with Crippen LogP contribution in [0.2, 0.25) is 0 Å². The van der Waals surface area contributed by atoms with Crippen LogP contribution < -0.4 is 0 Å². The average Bonchev–Trinajstić information content (AvgIpc) is 2.91. The molecule has 0 aliphatic heterocycles. The molecule has 37 heavy (non-hydrogen) atoms. The minimum atomic E-state index is 1.37. The van der Waals surface area contributed by atoms with Gasteiger partial charge in [0.15, 0.2) is 0 Å². The Balaban J connectivity index is 3.84. The van der Waals surface area contributed by atoms with E-state index in [4.69, 9.17) is 0 Å². The number of hydrogen-bond acceptors (Lipinski definition) is 1. The van der Waals surface area contributed by atoms with E-state index in [2.05, 4.69) is 25.7 Å². The molecule has 0 unspecified atom stereocenters. The highest BCUT2D eigenvalue weighted by molar-refractivity contribution is 4.61. The van der Waals surface area contributed by atoms with Crippen LogP contribution in [0.15, 0.2) is 0 Å². The smallest absolute Gasteiger partial charge is 0.00187 e. The molecule has 0 saturated carbocycles. The molecular weight excluding hydrogens is 446 g/mol. The minimum Gasteiger partial charge on any atom is -0.303 e. The fraction of sp³-hybridized carbons (Fsp3) is 1.00. The van der Waals surface area contributed by atoms with Gasteiger partial charge in [-0.15, -0.1) is 0 Å². The van der Waals surface area contributed by atoms with Crippen molar-refractivity contribution in [3.63, 3.8) is 0 Å². The van der Waals surface area contributed by atoms with Gasteiger partial charge in [0.2, 0.25) is 0 Å². The van der Waals surface area contributed by atoms with Crippen LogP contribution in [0.4, 0.5) is 0 Å². The van der Waals surface area contributed by atoms with E-state index in [-0.39, 0.29) is 0 Å². The molecule has 1 nitrogen and oxygen atoms in total. The van der Waals surface area contributed by atoms with Gasteiger partial charge in [-0.2, -0.15) is 0 Å². The lowest BCUT2D eigenvalue weighted by atomic mass is 10.0. The van der Waals surface area contributed by atoms with E-state index in [0.29, 0.717) is 0 Å². The Labute approximate surface area is 237 Å². The molecule has 0 aromatic heterocycles. The molecule has 0 aromatic rings. The lowest BCUT2D eigenvalue weighted by Crippen LogP contribution is -2.27. The standard InChI is InChI=1S/C36H75N/c1-4-7-10-13-16-19-21-23-26-29-32-35-37(34-31-28-25-18-15-12-9-6-3)36-33-30-27-24-22-20-17-14-11-8-5-2/h4-36H2,1-3H3. The maximum Gasteiger partial charge on any atom is -0.00187 e. The quantitative estimate of drug-likeness (QED) is 0.0776. The summed E-state index contributed by atoms with van der Waals surface area (Å²) >= 11 is 0. The number of unbranched alkanes of at least 4 members (excludes halogenated alkanes) is 27. The van der Waals surface area contributed by atoms with Crippen molar-refractivity contribution in [1.82, 2.24) is 4.90 Å². The van der Waals surface area contributed by atoms with Crippen molar-refractivity contribution in [1.29, 1.82) is 0 Å².